The maximum Gasteiger partial charge on any atom is 0.224 e. The van der Waals surface area contributed by atoms with E-state index in [-0.39, 0.29) is 5.28 Å². The Morgan fingerprint density at radius 1 is 1.24 bits per heavy atom. The Bertz CT molecular complexity index is 822. The van der Waals surface area contributed by atoms with Crippen LogP contribution in [-0.2, 0) is 0 Å². The molecule has 1 fully saturated rings. The van der Waals surface area contributed by atoms with Gasteiger partial charge in [0.1, 0.15) is 5.82 Å². The van der Waals surface area contributed by atoms with Crippen molar-refractivity contribution in [3.8, 4) is 0 Å². The minimum atomic E-state index is 0.229. The van der Waals surface area contributed by atoms with E-state index in [1.54, 1.807) is 0 Å². The van der Waals surface area contributed by atoms with Gasteiger partial charge in [-0.2, -0.15) is 10.1 Å². The van der Waals surface area contributed by atoms with Gasteiger partial charge in [0.05, 0.1) is 5.52 Å². The molecule has 0 bridgehead atoms. The van der Waals surface area contributed by atoms with Gasteiger partial charge in [-0.25, -0.2) is 4.98 Å². The van der Waals surface area contributed by atoms with Gasteiger partial charge in [-0.1, -0.05) is 11.6 Å². The molecule has 4 rings (SSSR count). The first-order valence-electron chi connectivity index (χ1n) is 6.95. The highest BCUT2D eigenvalue weighted by Crippen LogP contribution is 2.39. The number of nitrogens with zero attached hydrogens (tertiary/aromatic N) is 3. The standard InChI is InChI=1S/C15H14ClN5/c1-8-2-5-11-10(6-8)14(19-15(16)17-11)18-13-7-12(20-21-13)9-3-4-9/h2,5-7,9H,3-4H2,1H3,(H2,17,18,19,20,21). The van der Waals surface area contributed by atoms with Crippen LogP contribution in [0.3, 0.4) is 0 Å². The number of benzene rings is 1. The zero-order valence-corrected chi connectivity index (χ0v) is 12.3. The van der Waals surface area contributed by atoms with Crippen LogP contribution in [0.4, 0.5) is 11.6 Å². The predicted octanol–water partition coefficient (Wildman–Crippen LogP) is 3.94. The Kier molecular flexibility index (Phi) is 2.82. The van der Waals surface area contributed by atoms with Gasteiger partial charge in [0.25, 0.3) is 0 Å². The molecule has 2 heterocycles. The fourth-order valence-corrected chi connectivity index (χ4v) is 2.61. The van der Waals surface area contributed by atoms with Crippen LogP contribution in [0.2, 0.25) is 5.28 Å². The number of aromatic amines is 1. The van der Waals surface area contributed by atoms with Crippen molar-refractivity contribution in [2.75, 3.05) is 5.32 Å². The maximum absolute atomic E-state index is 6.01. The highest BCUT2D eigenvalue weighted by molar-refractivity contribution is 6.28. The zero-order valence-electron chi connectivity index (χ0n) is 11.5. The van der Waals surface area contributed by atoms with Crippen LogP contribution < -0.4 is 5.32 Å². The van der Waals surface area contributed by atoms with Crippen LogP contribution >= 0.6 is 11.6 Å². The zero-order chi connectivity index (χ0) is 14.4. The second kappa shape index (κ2) is 4.70. The summed E-state index contributed by atoms with van der Waals surface area (Å²) in [6.45, 7) is 2.04. The summed E-state index contributed by atoms with van der Waals surface area (Å²) < 4.78 is 0. The van der Waals surface area contributed by atoms with Crippen LogP contribution in [0.1, 0.15) is 30.0 Å². The van der Waals surface area contributed by atoms with Crippen molar-refractivity contribution in [2.45, 2.75) is 25.7 Å². The molecule has 21 heavy (non-hydrogen) atoms. The number of aromatic nitrogens is 4. The molecule has 0 unspecified atom stereocenters. The largest absolute Gasteiger partial charge is 0.323 e. The quantitative estimate of drug-likeness (QED) is 0.719. The lowest BCUT2D eigenvalue weighted by atomic mass is 10.1. The third-order valence-electron chi connectivity index (χ3n) is 3.69. The van der Waals surface area contributed by atoms with E-state index in [4.69, 9.17) is 11.6 Å². The van der Waals surface area contributed by atoms with Gasteiger partial charge in [-0.3, -0.25) is 5.10 Å². The highest BCUT2D eigenvalue weighted by Gasteiger charge is 2.25. The van der Waals surface area contributed by atoms with Crippen molar-refractivity contribution in [3.05, 3.63) is 40.8 Å². The lowest BCUT2D eigenvalue weighted by Crippen LogP contribution is -1.97. The number of aryl methyl sites for hydroxylation is 1. The third kappa shape index (κ3) is 2.45. The molecule has 0 aliphatic heterocycles. The van der Waals surface area contributed by atoms with Gasteiger partial charge < -0.3 is 5.32 Å². The Hall–Kier alpha value is -2.14. The molecule has 2 N–H and O–H groups in total. The van der Waals surface area contributed by atoms with Crippen LogP contribution in [0.25, 0.3) is 10.9 Å². The summed E-state index contributed by atoms with van der Waals surface area (Å²) in [6.07, 6.45) is 2.48. The van der Waals surface area contributed by atoms with Crippen LogP contribution in [0.5, 0.6) is 0 Å². The van der Waals surface area contributed by atoms with Gasteiger partial charge >= 0.3 is 0 Å². The van der Waals surface area contributed by atoms with E-state index in [2.05, 4.69) is 25.5 Å². The number of hydrogen-bond acceptors (Lipinski definition) is 4. The lowest BCUT2D eigenvalue weighted by molar-refractivity contribution is 0.966. The summed E-state index contributed by atoms with van der Waals surface area (Å²) >= 11 is 6.01. The minimum absolute atomic E-state index is 0.229. The maximum atomic E-state index is 6.01. The molecule has 1 aromatic carbocycles. The molecule has 0 spiro atoms. The van der Waals surface area contributed by atoms with Gasteiger partial charge in [0.15, 0.2) is 5.82 Å². The minimum Gasteiger partial charge on any atom is -0.323 e. The fourth-order valence-electron chi connectivity index (χ4n) is 2.43. The van der Waals surface area contributed by atoms with Gasteiger partial charge in [-0.15, -0.1) is 0 Å². The van der Waals surface area contributed by atoms with E-state index < -0.39 is 0 Å². The van der Waals surface area contributed by atoms with E-state index in [0.29, 0.717) is 11.7 Å². The number of anilines is 2. The van der Waals surface area contributed by atoms with Gasteiger partial charge in [0, 0.05) is 23.1 Å². The summed E-state index contributed by atoms with van der Waals surface area (Å²) in [5, 5.41) is 11.8. The molecule has 0 atom stereocenters. The van der Waals surface area contributed by atoms with Crippen molar-refractivity contribution in [3.63, 3.8) is 0 Å². The summed E-state index contributed by atoms with van der Waals surface area (Å²) in [4.78, 5) is 8.55. The fraction of sp³-hybridized carbons (Fsp3) is 0.267. The third-order valence-corrected chi connectivity index (χ3v) is 3.85. The number of rotatable bonds is 3. The normalized spacial score (nSPS) is 14.6. The predicted molar refractivity (Wildman–Crippen MR) is 83.1 cm³/mol. The van der Waals surface area contributed by atoms with E-state index in [1.165, 1.54) is 18.5 Å². The van der Waals surface area contributed by atoms with Gasteiger partial charge in [-0.05, 0) is 43.5 Å². The Morgan fingerprint density at radius 2 is 2.10 bits per heavy atom. The molecule has 0 amide bonds. The smallest absolute Gasteiger partial charge is 0.224 e. The second-order valence-corrected chi connectivity index (χ2v) is 5.81. The number of hydrogen-bond donors (Lipinski definition) is 2. The van der Waals surface area contributed by atoms with E-state index in [9.17, 15) is 0 Å². The highest BCUT2D eigenvalue weighted by atomic mass is 35.5. The molecule has 6 heteroatoms. The molecule has 1 saturated carbocycles. The Balaban J connectivity index is 1.75. The topological polar surface area (TPSA) is 66.5 Å². The van der Waals surface area contributed by atoms with Crippen molar-refractivity contribution >= 4 is 34.1 Å². The van der Waals surface area contributed by atoms with Crippen molar-refractivity contribution in [1.82, 2.24) is 20.2 Å². The molecule has 3 aromatic rings. The molecule has 5 nitrogen and oxygen atoms in total. The molecular formula is C15H14ClN5. The molecular weight excluding hydrogens is 286 g/mol. The number of fused-ring (bicyclic) bond motifs is 1. The summed E-state index contributed by atoms with van der Waals surface area (Å²) in [7, 11) is 0. The van der Waals surface area contributed by atoms with Crippen molar-refractivity contribution in [2.24, 2.45) is 0 Å². The van der Waals surface area contributed by atoms with E-state index in [0.717, 1.165) is 22.3 Å². The first-order chi connectivity index (χ1) is 10.2. The number of halogens is 1. The van der Waals surface area contributed by atoms with Crippen molar-refractivity contribution < 1.29 is 0 Å². The molecule has 0 radical (unpaired) electrons. The van der Waals surface area contributed by atoms with Crippen LogP contribution in [0.15, 0.2) is 24.3 Å². The summed E-state index contributed by atoms with van der Waals surface area (Å²) in [5.74, 6) is 2.08. The van der Waals surface area contributed by atoms with Crippen LogP contribution in [0, 0.1) is 6.92 Å². The van der Waals surface area contributed by atoms with E-state index >= 15 is 0 Å². The van der Waals surface area contributed by atoms with Crippen LogP contribution in [-0.4, -0.2) is 20.2 Å². The van der Waals surface area contributed by atoms with E-state index in [1.807, 2.05) is 31.2 Å². The molecule has 0 saturated heterocycles. The number of H-pyrrole nitrogens is 1. The summed E-state index contributed by atoms with van der Waals surface area (Å²) in [6, 6.07) is 8.04. The SMILES string of the molecule is Cc1ccc2nc(Cl)nc(Nc3cc(C4CC4)[nH]n3)c2c1. The molecule has 2 aromatic heterocycles. The lowest BCUT2D eigenvalue weighted by Gasteiger charge is -2.07. The molecule has 1 aliphatic carbocycles. The van der Waals surface area contributed by atoms with Crippen molar-refractivity contribution in [1.29, 1.82) is 0 Å². The first-order valence-corrected chi connectivity index (χ1v) is 7.33. The average molecular weight is 300 g/mol. The molecule has 106 valence electrons. The second-order valence-electron chi connectivity index (χ2n) is 5.47. The Morgan fingerprint density at radius 3 is 2.90 bits per heavy atom. The first kappa shape index (κ1) is 12.6. The Labute approximate surface area is 126 Å². The average Bonchev–Trinajstić information content (AvgIpc) is 3.20. The van der Waals surface area contributed by atoms with Gasteiger partial charge in [0.2, 0.25) is 5.28 Å². The molecule has 1 aliphatic rings. The summed E-state index contributed by atoms with van der Waals surface area (Å²) in [5.41, 5.74) is 3.15. The monoisotopic (exact) mass is 299 g/mol. The number of nitrogens with one attached hydrogen (secondary N) is 2.